The second-order valence-corrected chi connectivity index (χ2v) is 6.54. The molecule has 0 saturated heterocycles. The second kappa shape index (κ2) is 8.68. The van der Waals surface area contributed by atoms with Crippen molar-refractivity contribution in [3.05, 3.63) is 29.8 Å². The second-order valence-electron chi connectivity index (χ2n) is 6.54. The summed E-state index contributed by atoms with van der Waals surface area (Å²) in [6, 6.07) is 7.09. The van der Waals surface area contributed by atoms with E-state index in [0.29, 0.717) is 12.6 Å². The van der Waals surface area contributed by atoms with Crippen LogP contribution in [0.5, 0.6) is 5.75 Å². The highest BCUT2D eigenvalue weighted by Gasteiger charge is 2.20. The minimum Gasteiger partial charge on any atom is -0.490 e. The van der Waals surface area contributed by atoms with Gasteiger partial charge in [0.2, 0.25) is 11.8 Å². The van der Waals surface area contributed by atoms with Crippen LogP contribution in [0.25, 0.3) is 0 Å². The maximum atomic E-state index is 11.9. The zero-order valence-corrected chi connectivity index (χ0v) is 14.4. The number of amides is 2. The van der Waals surface area contributed by atoms with Gasteiger partial charge in [-0.15, -0.1) is 0 Å². The summed E-state index contributed by atoms with van der Waals surface area (Å²) >= 11 is 0. The number of nitrogens with two attached hydrogens (primary N) is 1. The fraction of sp³-hybridized carbons (Fsp3) is 0.556. The highest BCUT2D eigenvalue weighted by Crippen LogP contribution is 2.27. The van der Waals surface area contributed by atoms with Crippen LogP contribution in [0, 0.1) is 5.92 Å². The summed E-state index contributed by atoms with van der Waals surface area (Å²) in [4.78, 5) is 23.6. The number of carbonyl (C=O) groups excluding carboxylic acids is 2. The number of carbonyl (C=O) groups is 2. The third-order valence-electron chi connectivity index (χ3n) is 4.24. The first-order valence-electron chi connectivity index (χ1n) is 8.52. The summed E-state index contributed by atoms with van der Waals surface area (Å²) in [6.45, 7) is 4.02. The molecule has 2 amide bonds. The standard InChI is InChI=1S/C18H27N3O3/c1-12(2)17(19)18(23)21-11-16(22)20-10-13-6-3-4-9-15(13)24-14-7-5-8-14/h3-4,6,9,12,14,17H,5,7-8,10-11,19H2,1-2H3,(H,20,22)(H,21,23)/t17-/m0/s1. The Bertz CT molecular complexity index is 570. The molecule has 6 heteroatoms. The van der Waals surface area contributed by atoms with Gasteiger partial charge in [0.1, 0.15) is 5.75 Å². The molecule has 0 spiro atoms. The molecule has 0 heterocycles. The lowest BCUT2D eigenvalue weighted by Crippen LogP contribution is -2.47. The monoisotopic (exact) mass is 333 g/mol. The molecule has 0 radical (unpaired) electrons. The van der Waals surface area contributed by atoms with Crippen LogP contribution in [0.4, 0.5) is 0 Å². The van der Waals surface area contributed by atoms with Gasteiger partial charge in [-0.05, 0) is 31.2 Å². The third-order valence-corrected chi connectivity index (χ3v) is 4.24. The summed E-state index contributed by atoms with van der Waals surface area (Å²) in [5.74, 6) is 0.281. The molecule has 4 N–H and O–H groups in total. The van der Waals surface area contributed by atoms with E-state index in [2.05, 4.69) is 10.6 Å². The Hall–Kier alpha value is -2.08. The maximum absolute atomic E-state index is 11.9. The van der Waals surface area contributed by atoms with Crippen molar-refractivity contribution in [2.75, 3.05) is 6.54 Å². The smallest absolute Gasteiger partial charge is 0.239 e. The number of hydrogen-bond donors (Lipinski definition) is 3. The van der Waals surface area contributed by atoms with Crippen LogP contribution in [-0.4, -0.2) is 30.5 Å². The van der Waals surface area contributed by atoms with E-state index < -0.39 is 6.04 Å². The molecule has 1 aromatic rings. The largest absolute Gasteiger partial charge is 0.490 e. The van der Waals surface area contributed by atoms with E-state index >= 15 is 0 Å². The van der Waals surface area contributed by atoms with Crippen LogP contribution in [0.2, 0.25) is 0 Å². The Morgan fingerprint density at radius 3 is 2.58 bits per heavy atom. The lowest BCUT2D eigenvalue weighted by molar-refractivity contribution is -0.127. The molecular weight excluding hydrogens is 306 g/mol. The zero-order valence-electron chi connectivity index (χ0n) is 14.4. The van der Waals surface area contributed by atoms with E-state index in [9.17, 15) is 9.59 Å². The Morgan fingerprint density at radius 1 is 1.25 bits per heavy atom. The Balaban J connectivity index is 1.78. The van der Waals surface area contributed by atoms with Crippen LogP contribution in [-0.2, 0) is 16.1 Å². The van der Waals surface area contributed by atoms with Crippen molar-refractivity contribution in [3.63, 3.8) is 0 Å². The predicted molar refractivity (Wildman–Crippen MR) is 92.4 cm³/mol. The van der Waals surface area contributed by atoms with E-state index in [1.165, 1.54) is 6.42 Å². The lowest BCUT2D eigenvalue weighted by atomic mass is 9.96. The number of nitrogens with one attached hydrogen (secondary N) is 2. The molecule has 6 nitrogen and oxygen atoms in total. The molecule has 1 aromatic carbocycles. The third kappa shape index (κ3) is 5.23. The van der Waals surface area contributed by atoms with Crippen molar-refractivity contribution in [2.45, 2.75) is 51.8 Å². The molecule has 1 atom stereocenters. The van der Waals surface area contributed by atoms with Crippen LogP contribution >= 0.6 is 0 Å². The quantitative estimate of drug-likeness (QED) is 0.669. The van der Waals surface area contributed by atoms with Crippen molar-refractivity contribution in [2.24, 2.45) is 11.7 Å². The van der Waals surface area contributed by atoms with Gasteiger partial charge in [0.05, 0.1) is 18.7 Å². The first-order chi connectivity index (χ1) is 11.5. The van der Waals surface area contributed by atoms with E-state index in [0.717, 1.165) is 24.2 Å². The van der Waals surface area contributed by atoms with Crippen molar-refractivity contribution in [1.82, 2.24) is 10.6 Å². The minimum absolute atomic E-state index is 0.0311. The average molecular weight is 333 g/mol. The summed E-state index contributed by atoms with van der Waals surface area (Å²) in [5, 5.41) is 5.36. The predicted octanol–water partition coefficient (Wildman–Crippen LogP) is 1.33. The van der Waals surface area contributed by atoms with Gasteiger partial charge >= 0.3 is 0 Å². The molecule has 1 aliphatic carbocycles. The first-order valence-corrected chi connectivity index (χ1v) is 8.52. The van der Waals surface area contributed by atoms with E-state index in [1.807, 2.05) is 38.1 Å². The zero-order chi connectivity index (χ0) is 17.5. The maximum Gasteiger partial charge on any atom is 0.239 e. The van der Waals surface area contributed by atoms with Crippen molar-refractivity contribution < 1.29 is 14.3 Å². The Kier molecular flexibility index (Phi) is 6.61. The molecule has 1 saturated carbocycles. The summed E-state index contributed by atoms with van der Waals surface area (Å²) in [7, 11) is 0. The number of para-hydroxylation sites is 1. The lowest BCUT2D eigenvalue weighted by Gasteiger charge is -2.27. The number of rotatable bonds is 8. The van der Waals surface area contributed by atoms with Crippen molar-refractivity contribution in [1.29, 1.82) is 0 Å². The molecule has 132 valence electrons. The molecule has 0 aliphatic heterocycles. The van der Waals surface area contributed by atoms with Gasteiger partial charge < -0.3 is 21.1 Å². The van der Waals surface area contributed by atoms with Crippen LogP contribution in [0.3, 0.4) is 0 Å². The fourth-order valence-corrected chi connectivity index (χ4v) is 2.28. The summed E-state index contributed by atoms with van der Waals surface area (Å²) < 4.78 is 5.93. The first kappa shape index (κ1) is 18.3. The normalized spacial score (nSPS) is 15.5. The van der Waals surface area contributed by atoms with Gasteiger partial charge in [-0.1, -0.05) is 32.0 Å². The molecule has 0 bridgehead atoms. The number of hydrogen-bond acceptors (Lipinski definition) is 4. The topological polar surface area (TPSA) is 93.5 Å². The highest BCUT2D eigenvalue weighted by atomic mass is 16.5. The van der Waals surface area contributed by atoms with Gasteiger partial charge in [0.15, 0.2) is 0 Å². The van der Waals surface area contributed by atoms with Gasteiger partial charge in [0, 0.05) is 12.1 Å². The van der Waals surface area contributed by atoms with Crippen LogP contribution in [0.15, 0.2) is 24.3 Å². The molecule has 1 fully saturated rings. The Labute approximate surface area is 143 Å². The fourth-order valence-electron chi connectivity index (χ4n) is 2.28. The highest BCUT2D eigenvalue weighted by molar-refractivity contribution is 5.87. The molecule has 0 aromatic heterocycles. The molecule has 0 unspecified atom stereocenters. The van der Waals surface area contributed by atoms with Crippen LogP contribution in [0.1, 0.15) is 38.7 Å². The average Bonchev–Trinajstić information content (AvgIpc) is 2.53. The van der Waals surface area contributed by atoms with Crippen LogP contribution < -0.4 is 21.1 Å². The Morgan fingerprint density at radius 2 is 1.96 bits per heavy atom. The number of ether oxygens (including phenoxy) is 1. The van der Waals surface area contributed by atoms with Crippen molar-refractivity contribution >= 4 is 11.8 Å². The number of benzene rings is 1. The van der Waals surface area contributed by atoms with E-state index in [4.69, 9.17) is 10.5 Å². The van der Waals surface area contributed by atoms with Gasteiger partial charge in [-0.3, -0.25) is 9.59 Å². The molecule has 2 rings (SSSR count). The van der Waals surface area contributed by atoms with Gasteiger partial charge in [0.25, 0.3) is 0 Å². The molecule has 1 aliphatic rings. The van der Waals surface area contributed by atoms with E-state index in [1.54, 1.807) is 0 Å². The van der Waals surface area contributed by atoms with Gasteiger partial charge in [-0.2, -0.15) is 0 Å². The van der Waals surface area contributed by atoms with E-state index in [-0.39, 0.29) is 24.3 Å². The molecular formula is C18H27N3O3. The SMILES string of the molecule is CC(C)[C@H](N)C(=O)NCC(=O)NCc1ccccc1OC1CCC1. The minimum atomic E-state index is -0.602. The summed E-state index contributed by atoms with van der Waals surface area (Å²) in [5.41, 5.74) is 6.67. The van der Waals surface area contributed by atoms with Gasteiger partial charge in [-0.25, -0.2) is 0 Å². The summed E-state index contributed by atoms with van der Waals surface area (Å²) in [6.07, 6.45) is 3.67. The van der Waals surface area contributed by atoms with Crippen molar-refractivity contribution in [3.8, 4) is 5.75 Å². The molecule has 24 heavy (non-hydrogen) atoms.